The molecule has 0 unspecified atom stereocenters. The quantitative estimate of drug-likeness (QED) is 0.784. The van der Waals surface area contributed by atoms with E-state index in [1.54, 1.807) is 0 Å². The molecule has 2 N–H and O–H groups in total. The van der Waals surface area contributed by atoms with Gasteiger partial charge in [-0.25, -0.2) is 0 Å². The van der Waals surface area contributed by atoms with Gasteiger partial charge in [0.15, 0.2) is 0 Å². The molecule has 1 aliphatic carbocycles. The lowest BCUT2D eigenvalue weighted by atomic mass is 9.85. The zero-order valence-corrected chi connectivity index (χ0v) is 9.84. The molecule has 0 heterocycles. The van der Waals surface area contributed by atoms with Crippen LogP contribution >= 0.6 is 0 Å². The van der Waals surface area contributed by atoms with E-state index in [1.165, 1.54) is 29.5 Å². The average molecular weight is 203 g/mol. The highest BCUT2D eigenvalue weighted by Gasteiger charge is 2.32. The summed E-state index contributed by atoms with van der Waals surface area (Å²) in [5.41, 5.74) is 10.6. The van der Waals surface area contributed by atoms with E-state index in [2.05, 4.69) is 32.0 Å². The Morgan fingerprint density at radius 2 is 1.93 bits per heavy atom. The number of nitrogens with two attached hydrogens (primary N) is 1. The van der Waals surface area contributed by atoms with Crippen LogP contribution in [-0.2, 0) is 12.0 Å². The Morgan fingerprint density at radius 3 is 2.53 bits per heavy atom. The summed E-state index contributed by atoms with van der Waals surface area (Å²) in [7, 11) is 0. The van der Waals surface area contributed by atoms with Crippen LogP contribution in [-0.4, -0.2) is 0 Å². The van der Waals surface area contributed by atoms with Crippen LogP contribution in [0.15, 0.2) is 18.2 Å². The molecule has 1 aromatic rings. The first kappa shape index (κ1) is 10.7. The molecule has 15 heavy (non-hydrogen) atoms. The molecule has 0 spiro atoms. The molecule has 0 saturated heterocycles. The molecule has 0 radical (unpaired) electrons. The van der Waals surface area contributed by atoms with E-state index in [4.69, 9.17) is 5.73 Å². The molecule has 2 rings (SSSR count). The van der Waals surface area contributed by atoms with Crippen LogP contribution in [0.25, 0.3) is 0 Å². The Bertz CT molecular complexity index is 348. The van der Waals surface area contributed by atoms with Gasteiger partial charge in [-0.15, -0.1) is 0 Å². The Morgan fingerprint density at radius 1 is 1.27 bits per heavy atom. The van der Waals surface area contributed by atoms with Crippen molar-refractivity contribution in [2.24, 2.45) is 5.73 Å². The fourth-order valence-corrected chi connectivity index (χ4v) is 2.70. The van der Waals surface area contributed by atoms with Gasteiger partial charge in [-0.3, -0.25) is 0 Å². The van der Waals surface area contributed by atoms with Gasteiger partial charge in [0.1, 0.15) is 0 Å². The predicted molar refractivity (Wildman–Crippen MR) is 64.9 cm³/mol. The molecule has 0 bridgehead atoms. The third-order valence-electron chi connectivity index (χ3n) is 3.74. The van der Waals surface area contributed by atoms with Gasteiger partial charge in [0.25, 0.3) is 0 Å². The molecule has 1 fully saturated rings. The summed E-state index contributed by atoms with van der Waals surface area (Å²) >= 11 is 0. The van der Waals surface area contributed by atoms with Crippen molar-refractivity contribution in [3.8, 4) is 0 Å². The molecule has 1 aliphatic rings. The average Bonchev–Trinajstić information content (AvgIpc) is 2.67. The van der Waals surface area contributed by atoms with E-state index in [0.29, 0.717) is 0 Å². The second-order valence-corrected chi connectivity index (χ2v) is 4.87. The highest BCUT2D eigenvalue weighted by atomic mass is 14.8. The summed E-state index contributed by atoms with van der Waals surface area (Å²) in [5, 5.41) is 0. The fourth-order valence-electron chi connectivity index (χ4n) is 2.70. The van der Waals surface area contributed by atoms with Crippen molar-refractivity contribution in [2.75, 3.05) is 0 Å². The summed E-state index contributed by atoms with van der Waals surface area (Å²) in [6.07, 6.45) is 5.98. The zero-order chi connectivity index (χ0) is 10.9. The number of rotatable bonds is 2. The van der Waals surface area contributed by atoms with Crippen molar-refractivity contribution in [3.05, 3.63) is 34.9 Å². The lowest BCUT2D eigenvalue weighted by molar-refractivity contribution is 0.458. The van der Waals surface area contributed by atoms with Crippen molar-refractivity contribution >= 4 is 0 Å². The fraction of sp³-hybridized carbons (Fsp3) is 0.571. The molecular weight excluding hydrogens is 182 g/mol. The first-order chi connectivity index (χ1) is 7.15. The minimum atomic E-state index is -0.0325. The van der Waals surface area contributed by atoms with Crippen LogP contribution in [0.2, 0.25) is 0 Å². The number of benzene rings is 1. The molecule has 1 heteroatoms. The van der Waals surface area contributed by atoms with Crippen molar-refractivity contribution in [3.63, 3.8) is 0 Å². The lowest BCUT2D eigenvalue weighted by Gasteiger charge is -2.26. The number of hydrogen-bond acceptors (Lipinski definition) is 1. The highest BCUT2D eigenvalue weighted by molar-refractivity contribution is 5.37. The summed E-state index contributed by atoms with van der Waals surface area (Å²) in [5.74, 6) is 0. The third-order valence-corrected chi connectivity index (χ3v) is 3.74. The van der Waals surface area contributed by atoms with Gasteiger partial charge in [0.2, 0.25) is 0 Å². The lowest BCUT2D eigenvalue weighted by Crippen LogP contribution is -2.34. The van der Waals surface area contributed by atoms with Gasteiger partial charge in [-0.05, 0) is 42.9 Å². The maximum absolute atomic E-state index is 6.50. The second kappa shape index (κ2) is 3.97. The molecule has 0 aliphatic heterocycles. The van der Waals surface area contributed by atoms with E-state index in [-0.39, 0.29) is 5.54 Å². The van der Waals surface area contributed by atoms with Gasteiger partial charge in [0.05, 0.1) is 0 Å². The maximum Gasteiger partial charge on any atom is 0.0412 e. The Hall–Kier alpha value is -0.820. The third kappa shape index (κ3) is 1.93. The van der Waals surface area contributed by atoms with Crippen molar-refractivity contribution in [1.29, 1.82) is 0 Å². The minimum Gasteiger partial charge on any atom is -0.321 e. The molecule has 1 nitrogen and oxygen atoms in total. The van der Waals surface area contributed by atoms with Crippen LogP contribution in [0.5, 0.6) is 0 Å². The molecular formula is C14H21N. The standard InChI is InChI=1S/C14H21N/c1-3-12-7-6-11(2)13(10-12)14(15)8-4-5-9-14/h6-7,10H,3-5,8-9,15H2,1-2H3. The van der Waals surface area contributed by atoms with E-state index in [9.17, 15) is 0 Å². The smallest absolute Gasteiger partial charge is 0.0412 e. The Balaban J connectivity index is 2.41. The summed E-state index contributed by atoms with van der Waals surface area (Å²) < 4.78 is 0. The van der Waals surface area contributed by atoms with Gasteiger partial charge >= 0.3 is 0 Å². The van der Waals surface area contributed by atoms with Crippen LogP contribution < -0.4 is 5.73 Å². The van der Waals surface area contributed by atoms with Gasteiger partial charge in [-0.1, -0.05) is 38.0 Å². The Kier molecular flexibility index (Phi) is 2.83. The monoisotopic (exact) mass is 203 g/mol. The molecule has 1 aromatic carbocycles. The summed E-state index contributed by atoms with van der Waals surface area (Å²) in [4.78, 5) is 0. The number of aryl methyl sites for hydroxylation is 2. The predicted octanol–water partition coefficient (Wildman–Crippen LogP) is 3.29. The Labute approximate surface area is 92.7 Å². The van der Waals surface area contributed by atoms with E-state index < -0.39 is 0 Å². The summed E-state index contributed by atoms with van der Waals surface area (Å²) in [6, 6.07) is 6.76. The molecule has 1 saturated carbocycles. The van der Waals surface area contributed by atoms with Crippen LogP contribution in [0.1, 0.15) is 49.3 Å². The van der Waals surface area contributed by atoms with Crippen molar-refractivity contribution in [1.82, 2.24) is 0 Å². The second-order valence-electron chi connectivity index (χ2n) is 4.87. The normalized spacial score (nSPS) is 19.4. The van der Waals surface area contributed by atoms with Gasteiger partial charge < -0.3 is 5.73 Å². The van der Waals surface area contributed by atoms with Crippen molar-refractivity contribution in [2.45, 2.75) is 51.5 Å². The largest absolute Gasteiger partial charge is 0.321 e. The molecule has 82 valence electrons. The topological polar surface area (TPSA) is 26.0 Å². The molecule has 0 aromatic heterocycles. The van der Waals surface area contributed by atoms with Crippen LogP contribution in [0.3, 0.4) is 0 Å². The van der Waals surface area contributed by atoms with Crippen LogP contribution in [0.4, 0.5) is 0 Å². The SMILES string of the molecule is CCc1ccc(C)c(C2(N)CCCC2)c1. The minimum absolute atomic E-state index is 0.0325. The van der Waals surface area contributed by atoms with Crippen LogP contribution in [0, 0.1) is 6.92 Å². The molecule has 0 atom stereocenters. The van der Waals surface area contributed by atoms with E-state index >= 15 is 0 Å². The highest BCUT2D eigenvalue weighted by Crippen LogP contribution is 2.38. The zero-order valence-electron chi connectivity index (χ0n) is 9.84. The first-order valence-corrected chi connectivity index (χ1v) is 6.04. The van der Waals surface area contributed by atoms with E-state index in [1.807, 2.05) is 0 Å². The number of hydrogen-bond donors (Lipinski definition) is 1. The first-order valence-electron chi connectivity index (χ1n) is 6.04. The maximum atomic E-state index is 6.50. The van der Waals surface area contributed by atoms with E-state index in [0.717, 1.165) is 19.3 Å². The summed E-state index contributed by atoms with van der Waals surface area (Å²) in [6.45, 7) is 4.38. The van der Waals surface area contributed by atoms with Gasteiger partial charge in [0, 0.05) is 5.54 Å². The van der Waals surface area contributed by atoms with Crippen molar-refractivity contribution < 1.29 is 0 Å². The van der Waals surface area contributed by atoms with Gasteiger partial charge in [-0.2, -0.15) is 0 Å². The molecule has 0 amide bonds.